The van der Waals surface area contributed by atoms with Crippen LogP contribution < -0.4 is 32.6 Å². The van der Waals surface area contributed by atoms with E-state index >= 15 is 0 Å². The number of hydrogen-bond donors (Lipinski definition) is 5. The number of amides is 1. The molecule has 0 aromatic heterocycles. The van der Waals surface area contributed by atoms with Crippen LogP contribution in [0.15, 0.2) is 23.2 Å². The zero-order valence-electron chi connectivity index (χ0n) is 24.3. The molecule has 0 aliphatic rings. The van der Waals surface area contributed by atoms with Gasteiger partial charge in [-0.05, 0) is 51.2 Å². The first-order chi connectivity index (χ1) is 16.7. The van der Waals surface area contributed by atoms with Crippen LogP contribution in [0.2, 0.25) is 0 Å². The lowest BCUT2D eigenvalue weighted by atomic mass is 10.1. The van der Waals surface area contributed by atoms with Crippen molar-refractivity contribution in [2.75, 3.05) is 33.0 Å². The van der Waals surface area contributed by atoms with Crippen molar-refractivity contribution in [3.8, 4) is 5.75 Å². The van der Waals surface area contributed by atoms with Gasteiger partial charge < -0.3 is 37.4 Å². The lowest BCUT2D eigenvalue weighted by molar-refractivity contribution is -0.122. The largest absolute Gasteiger partial charge is 0.491 e. The Morgan fingerprint density at radius 3 is 2.00 bits per heavy atom. The maximum absolute atomic E-state index is 10.5. The van der Waals surface area contributed by atoms with E-state index in [1.54, 1.807) is 6.07 Å². The Bertz CT molecular complexity index is 607. The van der Waals surface area contributed by atoms with E-state index in [0.29, 0.717) is 13.2 Å². The van der Waals surface area contributed by atoms with Gasteiger partial charge in [0.05, 0.1) is 12.6 Å². The van der Waals surface area contributed by atoms with Gasteiger partial charge in [0.2, 0.25) is 5.91 Å². The number of hydrogen-bond acceptors (Lipinski definition) is 6. The molecule has 0 fully saturated rings. The fourth-order valence-corrected chi connectivity index (χ4v) is 2.02. The van der Waals surface area contributed by atoms with Gasteiger partial charge in [0.15, 0.2) is 5.96 Å². The monoisotopic (exact) mass is 500 g/mol. The van der Waals surface area contributed by atoms with Gasteiger partial charge in [0.25, 0.3) is 0 Å². The first kappa shape index (κ1) is 42.4. The smallest absolute Gasteiger partial charge is 0.217 e. The molecule has 0 heterocycles. The number of aliphatic imine (C=N–C) groups is 1. The molecule has 1 amide bonds. The predicted molar refractivity (Wildman–Crippen MR) is 154 cm³/mol. The minimum absolute atomic E-state index is 0.0765. The minimum atomic E-state index is -0.285. The molecule has 35 heavy (non-hydrogen) atoms. The Hall–Kier alpha value is -2.81. The summed E-state index contributed by atoms with van der Waals surface area (Å²) in [6.07, 6.45) is 3.56. The van der Waals surface area contributed by atoms with Crippen molar-refractivity contribution in [2.45, 2.75) is 87.6 Å². The Balaban J connectivity index is -0.000000132. The molecule has 8 N–H and O–H groups in total. The first-order valence-electron chi connectivity index (χ1n) is 12.6. The molecule has 1 aromatic rings. The summed E-state index contributed by atoms with van der Waals surface area (Å²) < 4.78 is 5.47. The van der Waals surface area contributed by atoms with Gasteiger partial charge >= 0.3 is 0 Å². The summed E-state index contributed by atoms with van der Waals surface area (Å²) in [4.78, 5) is 24.6. The molecule has 208 valence electrons. The molecular formula is C26H56N6O3. The summed E-state index contributed by atoms with van der Waals surface area (Å²) in [7, 11) is 3.75. The third-order valence-corrected chi connectivity index (χ3v) is 3.26. The molecule has 0 aliphatic carbocycles. The number of nitrogen functional groups attached to an aromatic ring is 1. The van der Waals surface area contributed by atoms with Gasteiger partial charge in [-0.2, -0.15) is 0 Å². The van der Waals surface area contributed by atoms with Crippen LogP contribution in [0.4, 0.5) is 5.69 Å². The predicted octanol–water partition coefficient (Wildman–Crippen LogP) is 4.02. The SMILES string of the molecule is CC.CC.CC.CCCCC(C=O)NC(C)=O.CNC.Cc1cc(N)ccc1OCCN=C(N)N. The number of aldehydes is 1. The number of nitrogens with two attached hydrogens (primary N) is 3. The first-order valence-corrected chi connectivity index (χ1v) is 12.6. The van der Waals surface area contributed by atoms with Crippen LogP contribution in [-0.4, -0.2) is 51.4 Å². The lowest BCUT2D eigenvalue weighted by Crippen LogP contribution is -2.34. The normalized spacial score (nSPS) is 9.00. The van der Waals surface area contributed by atoms with Gasteiger partial charge in [-0.25, -0.2) is 0 Å². The topological polar surface area (TPSA) is 158 Å². The maximum Gasteiger partial charge on any atom is 0.217 e. The average Bonchev–Trinajstić information content (AvgIpc) is 2.85. The lowest BCUT2D eigenvalue weighted by Gasteiger charge is -2.09. The number of carbonyl (C=O) groups excluding carboxylic acids is 2. The van der Waals surface area contributed by atoms with Gasteiger partial charge in [0.1, 0.15) is 18.6 Å². The molecule has 0 bridgehead atoms. The van der Waals surface area contributed by atoms with E-state index in [1.165, 1.54) is 6.92 Å². The number of carbonyl (C=O) groups is 2. The van der Waals surface area contributed by atoms with Crippen molar-refractivity contribution in [1.82, 2.24) is 10.6 Å². The number of rotatable bonds is 9. The molecule has 0 saturated heterocycles. The molecule has 1 rings (SSSR count). The van der Waals surface area contributed by atoms with E-state index in [-0.39, 0.29) is 17.9 Å². The van der Waals surface area contributed by atoms with E-state index < -0.39 is 0 Å². The van der Waals surface area contributed by atoms with Crippen molar-refractivity contribution >= 4 is 23.8 Å². The minimum Gasteiger partial charge on any atom is -0.491 e. The van der Waals surface area contributed by atoms with E-state index in [9.17, 15) is 9.59 Å². The van der Waals surface area contributed by atoms with Crippen molar-refractivity contribution in [3.63, 3.8) is 0 Å². The zero-order valence-corrected chi connectivity index (χ0v) is 24.3. The highest BCUT2D eigenvalue weighted by Crippen LogP contribution is 2.19. The fraction of sp³-hybridized carbons (Fsp3) is 0.654. The zero-order chi connectivity index (χ0) is 28.7. The highest BCUT2D eigenvalue weighted by atomic mass is 16.5. The quantitative estimate of drug-likeness (QED) is 0.113. The van der Waals surface area contributed by atoms with Gasteiger partial charge in [-0.1, -0.05) is 61.3 Å². The van der Waals surface area contributed by atoms with Gasteiger partial charge in [-0.3, -0.25) is 9.79 Å². The number of ether oxygens (including phenoxy) is 1. The van der Waals surface area contributed by atoms with Crippen molar-refractivity contribution in [2.24, 2.45) is 16.5 Å². The van der Waals surface area contributed by atoms with E-state index in [1.807, 2.05) is 74.7 Å². The number of benzene rings is 1. The molecule has 9 heteroatoms. The molecule has 0 radical (unpaired) electrons. The summed E-state index contributed by atoms with van der Waals surface area (Å²) in [6, 6.07) is 5.20. The molecule has 1 unspecified atom stereocenters. The number of unbranched alkanes of at least 4 members (excludes halogenated alkanes) is 1. The molecular weight excluding hydrogens is 444 g/mol. The summed E-state index contributed by atoms with van der Waals surface area (Å²) in [6.45, 7) is 18.3. The van der Waals surface area contributed by atoms with Crippen LogP contribution in [0.1, 0.15) is 80.2 Å². The number of nitrogens with zero attached hydrogens (tertiary/aromatic N) is 1. The number of nitrogens with one attached hydrogen (secondary N) is 2. The molecule has 1 atom stereocenters. The summed E-state index contributed by atoms with van der Waals surface area (Å²) in [5.74, 6) is 0.737. The number of anilines is 1. The Morgan fingerprint density at radius 1 is 1.11 bits per heavy atom. The molecule has 0 saturated carbocycles. The standard InChI is InChI=1S/C10H16N4O.C8H15NO2.C2H7N.3C2H6/c1-7-6-8(11)2-3-9(7)15-5-4-14-10(12)13;1-3-4-5-8(6-10)9-7(2)11;1-3-2;3*1-2/h2-3,6H,4-5,11H2,1H3,(H4,12,13,14);6,8H,3-5H2,1-2H3,(H,9,11);3H,1-2H3;3*1-2H3. The molecule has 1 aromatic carbocycles. The molecule has 0 spiro atoms. The summed E-state index contributed by atoms with van der Waals surface area (Å²) >= 11 is 0. The third-order valence-electron chi connectivity index (χ3n) is 3.26. The second-order valence-corrected chi connectivity index (χ2v) is 6.27. The van der Waals surface area contributed by atoms with Crippen molar-refractivity contribution in [3.05, 3.63) is 23.8 Å². The summed E-state index contributed by atoms with van der Waals surface area (Å²) in [5, 5.41) is 5.31. The Labute approximate surface area is 215 Å². The highest BCUT2D eigenvalue weighted by molar-refractivity contribution is 5.77. The van der Waals surface area contributed by atoms with Crippen LogP contribution in [-0.2, 0) is 9.59 Å². The second kappa shape index (κ2) is 35.8. The van der Waals surface area contributed by atoms with E-state index in [4.69, 9.17) is 21.9 Å². The number of aryl methyl sites for hydroxylation is 1. The van der Waals surface area contributed by atoms with E-state index in [2.05, 4.69) is 22.5 Å². The molecule has 0 aliphatic heterocycles. The third kappa shape index (κ3) is 35.9. The highest BCUT2D eigenvalue weighted by Gasteiger charge is 2.06. The fourth-order valence-electron chi connectivity index (χ4n) is 2.02. The Kier molecular flexibility index (Phi) is 43.3. The van der Waals surface area contributed by atoms with Crippen molar-refractivity contribution in [1.29, 1.82) is 0 Å². The van der Waals surface area contributed by atoms with Crippen molar-refractivity contribution < 1.29 is 14.3 Å². The van der Waals surface area contributed by atoms with Crippen LogP contribution in [0, 0.1) is 6.92 Å². The average molecular weight is 501 g/mol. The van der Waals surface area contributed by atoms with E-state index in [0.717, 1.165) is 42.5 Å². The van der Waals surface area contributed by atoms with Crippen LogP contribution in [0.3, 0.4) is 0 Å². The Morgan fingerprint density at radius 2 is 1.63 bits per heavy atom. The number of guanidine groups is 1. The van der Waals surface area contributed by atoms with Gasteiger partial charge in [0, 0.05) is 12.6 Å². The maximum atomic E-state index is 10.5. The second-order valence-electron chi connectivity index (χ2n) is 6.27. The van der Waals surface area contributed by atoms with Crippen LogP contribution >= 0.6 is 0 Å². The van der Waals surface area contributed by atoms with Crippen LogP contribution in [0.25, 0.3) is 0 Å². The molecule has 9 nitrogen and oxygen atoms in total. The van der Waals surface area contributed by atoms with Crippen LogP contribution in [0.5, 0.6) is 5.75 Å². The summed E-state index contributed by atoms with van der Waals surface area (Å²) in [5.41, 5.74) is 17.7. The van der Waals surface area contributed by atoms with Gasteiger partial charge in [-0.15, -0.1) is 0 Å².